The van der Waals surface area contributed by atoms with Gasteiger partial charge in [0.1, 0.15) is 10.9 Å². The summed E-state index contributed by atoms with van der Waals surface area (Å²) in [5.74, 6) is 1.13. The second-order valence-electron chi connectivity index (χ2n) is 4.83. The molecule has 0 amide bonds. The Kier molecular flexibility index (Phi) is 3.55. The lowest BCUT2D eigenvalue weighted by molar-refractivity contribution is 0.639. The summed E-state index contributed by atoms with van der Waals surface area (Å²) in [7, 11) is 0. The zero-order valence-corrected chi connectivity index (χ0v) is 11.8. The van der Waals surface area contributed by atoms with Crippen molar-refractivity contribution in [2.75, 3.05) is 29.5 Å². The van der Waals surface area contributed by atoms with Crippen LogP contribution in [0.2, 0.25) is 0 Å². The second-order valence-corrected chi connectivity index (χ2v) is 7.66. The Morgan fingerprint density at radius 3 is 2.88 bits per heavy atom. The molecule has 0 bridgehead atoms. The topological polar surface area (TPSA) is 53.0 Å². The number of thioether (sulfide) groups is 1. The molecule has 1 aliphatic heterocycles. The summed E-state index contributed by atoms with van der Waals surface area (Å²) in [6.07, 6.45) is 1.16. The number of hydrogen-bond donors (Lipinski definition) is 1. The molecule has 2 heterocycles. The molecule has 17 heavy (non-hydrogen) atoms. The molecular formula is C12H17N3S2. The molecule has 3 nitrogen and oxygen atoms in total. The first-order valence-electron chi connectivity index (χ1n) is 5.70. The first-order valence-corrected chi connectivity index (χ1v) is 7.50. The Bertz CT molecular complexity index is 445. The highest BCUT2D eigenvalue weighted by Gasteiger charge is 2.24. The summed E-state index contributed by atoms with van der Waals surface area (Å²) in [5.41, 5.74) is 6.42. The van der Waals surface area contributed by atoms with Gasteiger partial charge < -0.3 is 10.6 Å². The molecule has 0 unspecified atom stereocenters. The van der Waals surface area contributed by atoms with Crippen LogP contribution in [0.3, 0.4) is 0 Å². The molecule has 2 rings (SSSR count). The van der Waals surface area contributed by atoms with Gasteiger partial charge in [-0.3, -0.25) is 0 Å². The lowest BCUT2D eigenvalue weighted by Gasteiger charge is -2.22. The lowest BCUT2D eigenvalue weighted by Crippen LogP contribution is -2.26. The van der Waals surface area contributed by atoms with Gasteiger partial charge in [0, 0.05) is 23.6 Å². The van der Waals surface area contributed by atoms with Crippen molar-refractivity contribution in [3.8, 4) is 6.07 Å². The zero-order valence-electron chi connectivity index (χ0n) is 10.2. The van der Waals surface area contributed by atoms with E-state index in [-0.39, 0.29) is 0 Å². The van der Waals surface area contributed by atoms with E-state index in [1.165, 1.54) is 11.3 Å². The van der Waals surface area contributed by atoms with Crippen molar-refractivity contribution in [2.45, 2.75) is 25.0 Å². The van der Waals surface area contributed by atoms with Crippen molar-refractivity contribution in [3.05, 3.63) is 10.9 Å². The number of nitriles is 1. The van der Waals surface area contributed by atoms with Crippen molar-refractivity contribution in [1.82, 2.24) is 0 Å². The predicted molar refractivity (Wildman–Crippen MR) is 76.8 cm³/mol. The van der Waals surface area contributed by atoms with Crippen molar-refractivity contribution in [1.29, 1.82) is 5.26 Å². The molecular weight excluding hydrogens is 250 g/mol. The number of thiophene rings is 1. The van der Waals surface area contributed by atoms with Gasteiger partial charge in [-0.25, -0.2) is 0 Å². The van der Waals surface area contributed by atoms with Crippen LogP contribution >= 0.6 is 23.1 Å². The maximum atomic E-state index is 8.93. The third kappa shape index (κ3) is 2.88. The van der Waals surface area contributed by atoms with Gasteiger partial charge in [0.05, 0.1) is 10.7 Å². The maximum absolute atomic E-state index is 8.93. The molecule has 1 fully saturated rings. The van der Waals surface area contributed by atoms with Crippen molar-refractivity contribution in [3.63, 3.8) is 0 Å². The number of anilines is 2. The Morgan fingerprint density at radius 2 is 2.24 bits per heavy atom. The molecule has 1 aromatic heterocycles. The third-order valence-corrected chi connectivity index (χ3v) is 5.49. The van der Waals surface area contributed by atoms with Crippen LogP contribution in [0.1, 0.15) is 25.1 Å². The van der Waals surface area contributed by atoms with Crippen LogP contribution in [0.4, 0.5) is 10.7 Å². The fourth-order valence-electron chi connectivity index (χ4n) is 1.88. The smallest absolute Gasteiger partial charge is 0.129 e. The first-order chi connectivity index (χ1) is 8.02. The number of nitrogens with two attached hydrogens (primary N) is 1. The number of nitrogens with zero attached hydrogens (tertiary/aromatic N) is 2. The van der Waals surface area contributed by atoms with E-state index in [0.29, 0.717) is 15.3 Å². The maximum Gasteiger partial charge on any atom is 0.129 e. The quantitative estimate of drug-likeness (QED) is 0.850. The molecule has 0 aromatic carbocycles. The number of rotatable bonds is 1. The molecule has 0 saturated carbocycles. The molecule has 2 N–H and O–H groups in total. The minimum atomic E-state index is 0.357. The molecule has 1 aliphatic rings. The van der Waals surface area contributed by atoms with Gasteiger partial charge >= 0.3 is 0 Å². The van der Waals surface area contributed by atoms with Gasteiger partial charge in [0.2, 0.25) is 0 Å². The van der Waals surface area contributed by atoms with Gasteiger partial charge in [-0.15, -0.1) is 11.3 Å². The average molecular weight is 267 g/mol. The molecule has 0 atom stereocenters. The van der Waals surface area contributed by atoms with E-state index in [2.05, 4.69) is 24.8 Å². The largest absolute Gasteiger partial charge is 0.397 e. The van der Waals surface area contributed by atoms with Gasteiger partial charge in [-0.2, -0.15) is 17.0 Å². The fourth-order valence-corrected chi connectivity index (χ4v) is 3.90. The van der Waals surface area contributed by atoms with E-state index in [9.17, 15) is 0 Å². The van der Waals surface area contributed by atoms with E-state index >= 15 is 0 Å². The van der Waals surface area contributed by atoms with Gasteiger partial charge in [-0.1, -0.05) is 13.8 Å². The van der Waals surface area contributed by atoms with Gasteiger partial charge in [0.15, 0.2) is 0 Å². The van der Waals surface area contributed by atoms with E-state index in [1.54, 1.807) is 0 Å². The van der Waals surface area contributed by atoms with Crippen LogP contribution in [0.25, 0.3) is 0 Å². The second kappa shape index (κ2) is 4.79. The third-order valence-electron chi connectivity index (χ3n) is 3.00. The van der Waals surface area contributed by atoms with E-state index < -0.39 is 0 Å². The van der Waals surface area contributed by atoms with Gasteiger partial charge in [-0.05, 0) is 12.5 Å². The molecule has 1 aromatic rings. The zero-order chi connectivity index (χ0) is 12.5. The van der Waals surface area contributed by atoms with E-state index in [0.717, 1.165) is 30.3 Å². The summed E-state index contributed by atoms with van der Waals surface area (Å²) in [4.78, 5) is 2.99. The average Bonchev–Trinajstić information content (AvgIpc) is 2.54. The molecule has 0 spiro atoms. The standard InChI is InChI=1S/C12H17N3S2/c1-12(2)3-4-15(5-6-16-12)11-7-9(14)10(8-13)17-11/h7H,3-6,14H2,1-2H3. The highest BCUT2D eigenvalue weighted by molar-refractivity contribution is 8.00. The predicted octanol–water partition coefficient (Wildman–Crippen LogP) is 2.92. The summed E-state index contributed by atoms with van der Waals surface area (Å²) in [6, 6.07) is 4.08. The molecule has 1 saturated heterocycles. The Morgan fingerprint density at radius 1 is 1.47 bits per heavy atom. The molecule has 92 valence electrons. The van der Waals surface area contributed by atoms with Crippen LogP contribution in [0.5, 0.6) is 0 Å². The van der Waals surface area contributed by atoms with Crippen LogP contribution in [0, 0.1) is 11.3 Å². The summed E-state index contributed by atoms with van der Waals surface area (Å²) >= 11 is 3.53. The minimum Gasteiger partial charge on any atom is -0.397 e. The Balaban J connectivity index is 2.15. The molecule has 5 heteroatoms. The minimum absolute atomic E-state index is 0.357. The van der Waals surface area contributed by atoms with Crippen molar-refractivity contribution in [2.24, 2.45) is 0 Å². The SMILES string of the molecule is CC1(C)CCN(c2cc(N)c(C#N)s2)CCS1. The van der Waals surface area contributed by atoms with Crippen LogP contribution < -0.4 is 10.6 Å². The van der Waals surface area contributed by atoms with E-state index in [4.69, 9.17) is 11.0 Å². The van der Waals surface area contributed by atoms with Crippen molar-refractivity contribution < 1.29 is 0 Å². The number of nitrogen functional groups attached to an aromatic ring is 1. The fraction of sp³-hybridized carbons (Fsp3) is 0.583. The van der Waals surface area contributed by atoms with Gasteiger partial charge in [0.25, 0.3) is 0 Å². The molecule has 0 aliphatic carbocycles. The van der Waals surface area contributed by atoms with E-state index in [1.807, 2.05) is 17.8 Å². The normalized spacial score (nSPS) is 19.7. The summed E-state index contributed by atoms with van der Waals surface area (Å²) < 4.78 is 0.357. The highest BCUT2D eigenvalue weighted by Crippen LogP contribution is 2.36. The highest BCUT2D eigenvalue weighted by atomic mass is 32.2. The summed E-state index contributed by atoms with van der Waals surface area (Å²) in [6.45, 7) is 6.68. The Labute approximate surface area is 111 Å². The van der Waals surface area contributed by atoms with Crippen LogP contribution in [0.15, 0.2) is 6.07 Å². The summed E-state index contributed by atoms with van der Waals surface area (Å²) in [5, 5.41) is 10.1. The first kappa shape index (κ1) is 12.6. The lowest BCUT2D eigenvalue weighted by atomic mass is 10.1. The van der Waals surface area contributed by atoms with Crippen LogP contribution in [-0.4, -0.2) is 23.6 Å². The van der Waals surface area contributed by atoms with Crippen molar-refractivity contribution >= 4 is 33.8 Å². The van der Waals surface area contributed by atoms with Crippen LogP contribution in [-0.2, 0) is 0 Å². The number of hydrogen-bond acceptors (Lipinski definition) is 5. The molecule has 0 radical (unpaired) electrons. The monoisotopic (exact) mass is 267 g/mol. The Hall–Kier alpha value is -0.860.